The molecule has 3 rings (SSSR count). The molecule has 0 N–H and O–H groups in total. The topological polar surface area (TPSA) is 23.8 Å². The minimum absolute atomic E-state index is 0.0293. The maximum absolute atomic E-state index is 14.0. The number of nitrogens with zero attached hydrogens (tertiary/aromatic N) is 1. The zero-order valence-electron chi connectivity index (χ0n) is 17.6. The summed E-state index contributed by atoms with van der Waals surface area (Å²) in [5.74, 6) is 0.360. The van der Waals surface area contributed by atoms with Crippen LogP contribution in [0.15, 0.2) is 18.2 Å². The van der Waals surface area contributed by atoms with Crippen LogP contribution in [0.4, 0.5) is 4.39 Å². The highest BCUT2D eigenvalue weighted by atomic mass is 19.1. The highest BCUT2D eigenvalue weighted by molar-refractivity contribution is 5.34. The Balaban J connectivity index is 1.72. The van der Waals surface area contributed by atoms with E-state index in [1.807, 2.05) is 0 Å². The molecule has 1 unspecified atom stereocenters. The molecule has 0 heterocycles. The smallest absolute Gasteiger partial charge is 0.141 e. The predicted octanol–water partition coefficient (Wildman–Crippen LogP) is 6.58. The van der Waals surface area contributed by atoms with Crippen LogP contribution >= 0.6 is 0 Å². The first-order valence-corrected chi connectivity index (χ1v) is 9.47. The van der Waals surface area contributed by atoms with Crippen LogP contribution in [0.3, 0.4) is 0 Å². The average molecular weight is 331 g/mol. The molecule has 2 fully saturated rings. The summed E-state index contributed by atoms with van der Waals surface area (Å²) in [4.78, 5) is 0. The Labute approximate surface area is 150 Å². The Morgan fingerprint density at radius 1 is 1.17 bits per heavy atom. The van der Waals surface area contributed by atoms with Gasteiger partial charge in [-0.15, -0.1) is 0 Å². The fourth-order valence-electron chi connectivity index (χ4n) is 4.54. The van der Waals surface area contributed by atoms with Crippen molar-refractivity contribution >= 4 is 0 Å². The molecular weight excluding hydrogens is 297 g/mol. The Kier molecular flexibility index (Phi) is 4.71. The van der Waals surface area contributed by atoms with Crippen molar-refractivity contribution in [2.45, 2.75) is 77.0 Å². The number of hydrogen-bond acceptors (Lipinski definition) is 1. The second kappa shape index (κ2) is 8.15. The first-order chi connectivity index (χ1) is 12.9. The van der Waals surface area contributed by atoms with Crippen LogP contribution in [-0.4, -0.2) is 0 Å². The molecule has 0 spiro atoms. The van der Waals surface area contributed by atoms with Gasteiger partial charge in [0.15, 0.2) is 0 Å². The van der Waals surface area contributed by atoms with E-state index in [4.69, 9.17) is 9.37 Å². The molecule has 0 bridgehead atoms. The summed E-state index contributed by atoms with van der Waals surface area (Å²) in [6.07, 6.45) is 6.39. The molecular formula is C22H30FN. The standard InChI is InChI=1S/C22H30FN/c1-2-3-16-4-6-17(7-5-16)18-8-10-19(11-9-18)20-12-13-21(15-24)22(23)14-20/h12-14,16-19H,2-11H2,1H3/t16?,17?,18-,19-/i10D,11D2/t10?,16?,17?,18-,19-/m0/s1. The number of rotatable bonds is 4. The average Bonchev–Trinajstić information content (AvgIpc) is 2.61. The van der Waals surface area contributed by atoms with Crippen LogP contribution in [0.2, 0.25) is 0 Å². The molecule has 0 radical (unpaired) electrons. The van der Waals surface area contributed by atoms with Gasteiger partial charge in [-0.3, -0.25) is 0 Å². The lowest BCUT2D eigenvalue weighted by atomic mass is 9.68. The zero-order valence-corrected chi connectivity index (χ0v) is 14.6. The van der Waals surface area contributed by atoms with E-state index in [1.165, 1.54) is 37.8 Å². The third-order valence-electron chi connectivity index (χ3n) is 6.00. The fourth-order valence-corrected chi connectivity index (χ4v) is 4.54. The van der Waals surface area contributed by atoms with Gasteiger partial charge < -0.3 is 0 Å². The molecule has 3 atom stereocenters. The van der Waals surface area contributed by atoms with Crippen LogP contribution in [0.5, 0.6) is 0 Å². The Morgan fingerprint density at radius 2 is 1.92 bits per heavy atom. The van der Waals surface area contributed by atoms with Gasteiger partial charge in [0.2, 0.25) is 0 Å². The molecule has 130 valence electrons. The van der Waals surface area contributed by atoms with Gasteiger partial charge in [-0.25, -0.2) is 4.39 Å². The Bertz CT molecular complexity index is 691. The molecule has 0 amide bonds. The fraction of sp³-hybridized carbons (Fsp3) is 0.682. The number of nitriles is 1. The van der Waals surface area contributed by atoms with Gasteiger partial charge in [0.05, 0.1) is 5.56 Å². The maximum atomic E-state index is 14.0. The van der Waals surface area contributed by atoms with E-state index in [9.17, 15) is 4.39 Å². The minimum Gasteiger partial charge on any atom is -0.206 e. The lowest BCUT2D eigenvalue weighted by Gasteiger charge is -2.38. The summed E-state index contributed by atoms with van der Waals surface area (Å²) < 4.78 is 39.9. The second-order valence-electron chi connectivity index (χ2n) is 7.54. The van der Waals surface area contributed by atoms with Crippen LogP contribution in [0.25, 0.3) is 0 Å². The molecule has 0 saturated heterocycles. The van der Waals surface area contributed by atoms with Crippen LogP contribution in [0.1, 0.15) is 92.2 Å². The number of benzene rings is 1. The van der Waals surface area contributed by atoms with E-state index >= 15 is 0 Å². The Hall–Kier alpha value is -1.36. The summed E-state index contributed by atoms with van der Waals surface area (Å²) in [5, 5.41) is 8.90. The van der Waals surface area contributed by atoms with Crippen LogP contribution < -0.4 is 0 Å². The van der Waals surface area contributed by atoms with Crippen molar-refractivity contribution in [3.05, 3.63) is 35.1 Å². The molecule has 1 nitrogen and oxygen atoms in total. The van der Waals surface area contributed by atoms with Gasteiger partial charge in [-0.2, -0.15) is 5.26 Å². The van der Waals surface area contributed by atoms with Crippen molar-refractivity contribution in [3.8, 4) is 6.07 Å². The normalized spacial score (nSPS) is 37.7. The molecule has 2 heteroatoms. The summed E-state index contributed by atoms with van der Waals surface area (Å²) in [6, 6.07) is 6.11. The first kappa shape index (κ1) is 13.9. The van der Waals surface area contributed by atoms with Crippen molar-refractivity contribution in [1.29, 1.82) is 5.26 Å². The number of hydrogen-bond donors (Lipinski definition) is 0. The molecule has 1 aromatic rings. The number of halogens is 1. The van der Waals surface area contributed by atoms with E-state index < -0.39 is 24.5 Å². The molecule has 1 aromatic carbocycles. The SMILES string of the molecule is [2H]C1C[C@H](C2CCC(CCC)CC2)CC([2H])([2H])[C@H]1c1ccc(C#N)c(F)c1. The summed E-state index contributed by atoms with van der Waals surface area (Å²) in [7, 11) is 0. The highest BCUT2D eigenvalue weighted by Crippen LogP contribution is 2.44. The van der Waals surface area contributed by atoms with Crippen molar-refractivity contribution in [2.75, 3.05) is 0 Å². The lowest BCUT2D eigenvalue weighted by Crippen LogP contribution is -2.25. The maximum Gasteiger partial charge on any atom is 0.141 e. The molecule has 0 aromatic heterocycles. The quantitative estimate of drug-likeness (QED) is 0.612. The van der Waals surface area contributed by atoms with Gasteiger partial charge in [-0.1, -0.05) is 38.7 Å². The van der Waals surface area contributed by atoms with Crippen molar-refractivity contribution < 1.29 is 8.50 Å². The largest absolute Gasteiger partial charge is 0.206 e. The summed E-state index contributed by atoms with van der Waals surface area (Å²) in [5.41, 5.74) is 0.486. The van der Waals surface area contributed by atoms with Crippen molar-refractivity contribution in [3.63, 3.8) is 0 Å². The van der Waals surface area contributed by atoms with Gasteiger partial charge >= 0.3 is 0 Å². The molecule has 2 aliphatic rings. The van der Waals surface area contributed by atoms with E-state index in [-0.39, 0.29) is 11.5 Å². The van der Waals surface area contributed by atoms with Gasteiger partial charge in [0.25, 0.3) is 0 Å². The second-order valence-corrected chi connectivity index (χ2v) is 7.54. The van der Waals surface area contributed by atoms with E-state index in [2.05, 4.69) is 6.92 Å². The first-order valence-electron chi connectivity index (χ1n) is 11.0. The monoisotopic (exact) mass is 330 g/mol. The predicted molar refractivity (Wildman–Crippen MR) is 96.2 cm³/mol. The summed E-state index contributed by atoms with van der Waals surface area (Å²) in [6.45, 7) is 2.23. The third-order valence-corrected chi connectivity index (χ3v) is 6.00. The lowest BCUT2D eigenvalue weighted by molar-refractivity contribution is 0.156. The van der Waals surface area contributed by atoms with E-state index in [0.29, 0.717) is 24.3 Å². The zero-order chi connectivity index (χ0) is 19.6. The van der Waals surface area contributed by atoms with Crippen molar-refractivity contribution in [2.24, 2.45) is 17.8 Å². The van der Waals surface area contributed by atoms with Crippen molar-refractivity contribution in [1.82, 2.24) is 0 Å². The highest BCUT2D eigenvalue weighted by Gasteiger charge is 2.31. The molecule has 24 heavy (non-hydrogen) atoms. The van der Waals surface area contributed by atoms with Crippen LogP contribution in [0, 0.1) is 34.9 Å². The summed E-state index contributed by atoms with van der Waals surface area (Å²) >= 11 is 0. The van der Waals surface area contributed by atoms with E-state index in [0.717, 1.165) is 18.8 Å². The van der Waals surface area contributed by atoms with E-state index in [1.54, 1.807) is 12.1 Å². The third kappa shape index (κ3) is 4.00. The molecule has 0 aliphatic heterocycles. The molecule has 2 aliphatic carbocycles. The molecule has 2 saturated carbocycles. The van der Waals surface area contributed by atoms with Crippen LogP contribution in [-0.2, 0) is 0 Å². The van der Waals surface area contributed by atoms with Gasteiger partial charge in [0, 0.05) is 4.11 Å². The van der Waals surface area contributed by atoms with Gasteiger partial charge in [0.1, 0.15) is 11.9 Å². The van der Waals surface area contributed by atoms with Gasteiger partial charge in [-0.05, 0) is 79.8 Å². The minimum atomic E-state index is -1.52. The Morgan fingerprint density at radius 3 is 2.54 bits per heavy atom.